The van der Waals surface area contributed by atoms with Gasteiger partial charge in [-0.15, -0.1) is 0 Å². The fraction of sp³-hybridized carbons (Fsp3) is 0.867. The second-order valence-electron chi connectivity index (χ2n) is 5.40. The van der Waals surface area contributed by atoms with E-state index in [1.165, 1.54) is 0 Å². The maximum absolute atomic E-state index is 5.72. The first-order valence-corrected chi connectivity index (χ1v) is 7.95. The first kappa shape index (κ1) is 18.1. The lowest BCUT2D eigenvalue weighted by Crippen LogP contribution is -2.45. The fourth-order valence-corrected chi connectivity index (χ4v) is 2.28. The fourth-order valence-electron chi connectivity index (χ4n) is 2.28. The number of likely N-dealkylation sites (N-methyl/N-ethyl adjacent to an activating group) is 1. The van der Waals surface area contributed by atoms with Crippen molar-refractivity contribution in [2.75, 3.05) is 19.8 Å². The van der Waals surface area contributed by atoms with E-state index in [4.69, 9.17) is 9.47 Å². The zero-order chi connectivity index (χ0) is 15.7. The molecule has 0 fully saturated rings. The molecule has 1 N–H and O–H groups in total. The van der Waals surface area contributed by atoms with Gasteiger partial charge in [0.05, 0.1) is 6.04 Å². The summed E-state index contributed by atoms with van der Waals surface area (Å²) in [4.78, 5) is 4.39. The minimum absolute atomic E-state index is 0.0741. The molecule has 0 saturated heterocycles. The zero-order valence-corrected chi connectivity index (χ0v) is 14.0. The summed E-state index contributed by atoms with van der Waals surface area (Å²) in [6, 6.07) is 0.0741. The van der Waals surface area contributed by atoms with Crippen LogP contribution >= 0.6 is 0 Å². The highest BCUT2D eigenvalue weighted by Crippen LogP contribution is 2.10. The van der Waals surface area contributed by atoms with Crippen molar-refractivity contribution in [2.24, 2.45) is 5.92 Å². The Morgan fingerprint density at radius 2 is 1.86 bits per heavy atom. The van der Waals surface area contributed by atoms with Crippen molar-refractivity contribution in [3.05, 3.63) is 12.2 Å². The van der Waals surface area contributed by atoms with Gasteiger partial charge in [-0.25, -0.2) is 9.67 Å². The summed E-state index contributed by atoms with van der Waals surface area (Å²) in [5.74, 6) is 1.51. The summed E-state index contributed by atoms with van der Waals surface area (Å²) in [5, 5.41) is 7.76. The molecule has 1 heterocycles. The molecule has 0 spiro atoms. The highest BCUT2D eigenvalue weighted by molar-refractivity contribution is 4.91. The predicted octanol–water partition coefficient (Wildman–Crippen LogP) is 1.85. The van der Waals surface area contributed by atoms with Gasteiger partial charge in [0.15, 0.2) is 6.29 Å². The Bertz CT molecular complexity index is 376. The van der Waals surface area contributed by atoms with Crippen LogP contribution in [-0.4, -0.2) is 46.9 Å². The van der Waals surface area contributed by atoms with Gasteiger partial charge in [0, 0.05) is 26.2 Å². The second kappa shape index (κ2) is 9.87. The van der Waals surface area contributed by atoms with Crippen LogP contribution in [0.5, 0.6) is 0 Å². The average molecular weight is 298 g/mol. The number of nitrogens with zero attached hydrogens (tertiary/aromatic N) is 3. The van der Waals surface area contributed by atoms with Crippen LogP contribution < -0.4 is 5.32 Å². The summed E-state index contributed by atoms with van der Waals surface area (Å²) in [7, 11) is 0. The third-order valence-corrected chi connectivity index (χ3v) is 3.09. The lowest BCUT2D eigenvalue weighted by atomic mass is 10.1. The standard InChI is InChI=1S/C15H30N4O2/c1-6-16-13(15(20-7-2)21-8-3)9-14-17-11-18-19(14)10-12(4)5/h11-13,15-16H,6-10H2,1-5H3. The molecule has 0 aliphatic heterocycles. The van der Waals surface area contributed by atoms with Crippen LogP contribution in [0.15, 0.2) is 6.33 Å². The topological polar surface area (TPSA) is 61.2 Å². The van der Waals surface area contributed by atoms with Gasteiger partial charge in [-0.2, -0.15) is 5.10 Å². The van der Waals surface area contributed by atoms with Gasteiger partial charge in [-0.1, -0.05) is 20.8 Å². The molecule has 0 aliphatic rings. The highest BCUT2D eigenvalue weighted by Gasteiger charge is 2.24. The van der Waals surface area contributed by atoms with E-state index in [9.17, 15) is 0 Å². The lowest BCUT2D eigenvalue weighted by molar-refractivity contribution is -0.153. The molecule has 0 amide bonds. The number of hydrogen-bond acceptors (Lipinski definition) is 5. The van der Waals surface area contributed by atoms with Crippen LogP contribution in [0.2, 0.25) is 0 Å². The lowest BCUT2D eigenvalue weighted by Gasteiger charge is -2.27. The van der Waals surface area contributed by atoms with Crippen molar-refractivity contribution < 1.29 is 9.47 Å². The van der Waals surface area contributed by atoms with Crippen LogP contribution in [0.25, 0.3) is 0 Å². The third-order valence-electron chi connectivity index (χ3n) is 3.09. The predicted molar refractivity (Wildman–Crippen MR) is 83.1 cm³/mol. The molecule has 0 aliphatic carbocycles. The molecule has 1 rings (SSSR count). The Kier molecular flexibility index (Phi) is 8.49. The Labute approximate surface area is 128 Å². The van der Waals surface area contributed by atoms with Crippen LogP contribution in [0.4, 0.5) is 0 Å². The second-order valence-corrected chi connectivity index (χ2v) is 5.40. The van der Waals surface area contributed by atoms with Crippen LogP contribution in [-0.2, 0) is 22.4 Å². The molecule has 122 valence electrons. The summed E-state index contributed by atoms with van der Waals surface area (Å²) < 4.78 is 13.4. The molecule has 21 heavy (non-hydrogen) atoms. The van der Waals surface area contributed by atoms with E-state index in [1.54, 1.807) is 6.33 Å². The highest BCUT2D eigenvalue weighted by atomic mass is 16.7. The minimum Gasteiger partial charge on any atom is -0.351 e. The quantitative estimate of drug-likeness (QED) is 0.632. The maximum Gasteiger partial charge on any atom is 0.173 e. The van der Waals surface area contributed by atoms with Crippen molar-refractivity contribution in [1.29, 1.82) is 0 Å². The van der Waals surface area contributed by atoms with Crippen LogP contribution in [0, 0.1) is 5.92 Å². The smallest absolute Gasteiger partial charge is 0.173 e. The van der Waals surface area contributed by atoms with E-state index in [0.717, 1.165) is 25.3 Å². The largest absolute Gasteiger partial charge is 0.351 e. The van der Waals surface area contributed by atoms with Gasteiger partial charge in [-0.05, 0) is 26.3 Å². The van der Waals surface area contributed by atoms with E-state index >= 15 is 0 Å². The maximum atomic E-state index is 5.72. The van der Waals surface area contributed by atoms with Gasteiger partial charge in [0.1, 0.15) is 12.2 Å². The number of rotatable bonds is 11. The van der Waals surface area contributed by atoms with E-state index in [0.29, 0.717) is 19.1 Å². The van der Waals surface area contributed by atoms with E-state index in [-0.39, 0.29) is 12.3 Å². The molecule has 0 bridgehead atoms. The molecule has 1 aromatic rings. The van der Waals surface area contributed by atoms with Gasteiger partial charge < -0.3 is 14.8 Å². The number of aromatic nitrogens is 3. The summed E-state index contributed by atoms with van der Waals surface area (Å²) in [6.07, 6.45) is 2.10. The van der Waals surface area contributed by atoms with Crippen LogP contribution in [0.3, 0.4) is 0 Å². The first-order chi connectivity index (χ1) is 10.1. The van der Waals surface area contributed by atoms with Crippen molar-refractivity contribution in [2.45, 2.75) is 59.9 Å². The molecule has 0 radical (unpaired) electrons. The number of hydrogen-bond donors (Lipinski definition) is 1. The Morgan fingerprint density at radius 3 is 2.38 bits per heavy atom. The van der Waals surface area contributed by atoms with E-state index in [1.807, 2.05) is 18.5 Å². The Hall–Kier alpha value is -0.980. The molecule has 0 saturated carbocycles. The van der Waals surface area contributed by atoms with Crippen molar-refractivity contribution in [1.82, 2.24) is 20.1 Å². The van der Waals surface area contributed by atoms with Crippen molar-refractivity contribution in [3.63, 3.8) is 0 Å². The molecule has 1 unspecified atom stereocenters. The Balaban J connectivity index is 2.78. The third kappa shape index (κ3) is 6.11. The van der Waals surface area contributed by atoms with Gasteiger partial charge >= 0.3 is 0 Å². The molecule has 0 aromatic carbocycles. The number of ether oxygens (including phenoxy) is 2. The summed E-state index contributed by atoms with van der Waals surface area (Å²) in [6.45, 7) is 13.4. The number of nitrogens with one attached hydrogen (secondary N) is 1. The zero-order valence-electron chi connectivity index (χ0n) is 14.0. The van der Waals surface area contributed by atoms with E-state index in [2.05, 4.69) is 36.2 Å². The van der Waals surface area contributed by atoms with Crippen molar-refractivity contribution >= 4 is 0 Å². The SMILES string of the molecule is CCNC(Cc1ncnn1CC(C)C)C(OCC)OCC. The Morgan fingerprint density at radius 1 is 1.19 bits per heavy atom. The average Bonchev–Trinajstić information content (AvgIpc) is 2.84. The minimum atomic E-state index is -0.260. The molecule has 1 atom stereocenters. The summed E-state index contributed by atoms with van der Waals surface area (Å²) >= 11 is 0. The molecule has 6 nitrogen and oxygen atoms in total. The monoisotopic (exact) mass is 298 g/mol. The first-order valence-electron chi connectivity index (χ1n) is 7.95. The normalized spacial score (nSPS) is 13.3. The van der Waals surface area contributed by atoms with Crippen LogP contribution in [0.1, 0.15) is 40.4 Å². The molecular formula is C15H30N4O2. The van der Waals surface area contributed by atoms with Crippen molar-refractivity contribution in [3.8, 4) is 0 Å². The molecular weight excluding hydrogens is 268 g/mol. The molecule has 6 heteroatoms. The van der Waals surface area contributed by atoms with Gasteiger partial charge in [0.25, 0.3) is 0 Å². The molecule has 1 aromatic heterocycles. The van der Waals surface area contributed by atoms with E-state index < -0.39 is 0 Å². The van der Waals surface area contributed by atoms with Gasteiger partial charge in [-0.3, -0.25) is 0 Å². The summed E-state index contributed by atoms with van der Waals surface area (Å²) in [5.41, 5.74) is 0. The van der Waals surface area contributed by atoms with Gasteiger partial charge in [0.2, 0.25) is 0 Å².